The van der Waals surface area contributed by atoms with E-state index in [1.807, 2.05) is 4.90 Å². The Kier molecular flexibility index (Phi) is 4.55. The van der Waals surface area contributed by atoms with Crippen LogP contribution in [0.15, 0.2) is 24.3 Å². The van der Waals surface area contributed by atoms with Crippen molar-refractivity contribution < 1.29 is 18.3 Å². The highest BCUT2D eigenvalue weighted by Crippen LogP contribution is 2.37. The van der Waals surface area contributed by atoms with Gasteiger partial charge in [0.15, 0.2) is 5.69 Å². The first-order chi connectivity index (χ1) is 12.9. The van der Waals surface area contributed by atoms with Crippen molar-refractivity contribution in [3.05, 3.63) is 35.7 Å². The zero-order valence-electron chi connectivity index (χ0n) is 14.9. The fourth-order valence-corrected chi connectivity index (χ4v) is 4.16. The number of carbonyl (C=O) groups excluding carboxylic acids is 1. The molecular formula is C18H21F2N5O2. The van der Waals surface area contributed by atoms with Gasteiger partial charge >= 0.3 is 6.61 Å². The number of halogens is 2. The Morgan fingerprint density at radius 2 is 2.00 bits per heavy atom. The van der Waals surface area contributed by atoms with Crippen LogP contribution in [0.2, 0.25) is 0 Å². The molecule has 0 spiro atoms. The van der Waals surface area contributed by atoms with Crippen LogP contribution in [-0.2, 0) is 0 Å². The van der Waals surface area contributed by atoms with Crippen molar-refractivity contribution in [2.24, 2.45) is 17.6 Å². The summed E-state index contributed by atoms with van der Waals surface area (Å²) >= 11 is 0. The lowest BCUT2D eigenvalue weighted by Gasteiger charge is -2.17. The summed E-state index contributed by atoms with van der Waals surface area (Å²) in [5.41, 5.74) is 7.66. The van der Waals surface area contributed by atoms with Gasteiger partial charge in [-0.05, 0) is 55.9 Å². The molecule has 1 saturated carbocycles. The minimum absolute atomic E-state index is 0.0581. The molecule has 144 valence electrons. The monoisotopic (exact) mass is 377 g/mol. The lowest BCUT2D eigenvalue weighted by atomic mass is 9.98. The average molecular weight is 377 g/mol. The summed E-state index contributed by atoms with van der Waals surface area (Å²) in [6.45, 7) is 0.264. The van der Waals surface area contributed by atoms with Gasteiger partial charge in [0.05, 0.1) is 11.4 Å². The number of fused-ring (bicyclic) bond motifs is 1. The van der Waals surface area contributed by atoms with Crippen molar-refractivity contribution in [3.63, 3.8) is 0 Å². The number of aromatic nitrogens is 3. The minimum Gasteiger partial charge on any atom is -0.435 e. The first kappa shape index (κ1) is 17.8. The Morgan fingerprint density at radius 1 is 1.26 bits per heavy atom. The van der Waals surface area contributed by atoms with Crippen molar-refractivity contribution in [2.45, 2.75) is 32.4 Å². The average Bonchev–Trinajstić information content (AvgIpc) is 3.31. The molecule has 1 aliphatic carbocycles. The highest BCUT2D eigenvalue weighted by Gasteiger charge is 2.43. The summed E-state index contributed by atoms with van der Waals surface area (Å²) < 4.78 is 30.4. The molecule has 1 aromatic carbocycles. The Morgan fingerprint density at radius 3 is 2.67 bits per heavy atom. The third-order valence-electron chi connectivity index (χ3n) is 5.60. The van der Waals surface area contributed by atoms with E-state index in [0.29, 0.717) is 42.0 Å². The molecule has 0 radical (unpaired) electrons. The highest BCUT2D eigenvalue weighted by molar-refractivity contribution is 5.93. The third kappa shape index (κ3) is 3.27. The standard InChI is InChI=1S/C18H21F2N5O2/c1-10-16(17(26)24-8-11-2-7-15(21)14(11)9-24)22-23-25(10)12-3-5-13(6-4-12)27-18(19)20/h3-6,11,14-15,18H,2,7-9,21H2,1H3. The Bertz CT molecular complexity index is 839. The largest absolute Gasteiger partial charge is 0.435 e. The van der Waals surface area contributed by atoms with Gasteiger partial charge in [-0.1, -0.05) is 5.21 Å². The highest BCUT2D eigenvalue weighted by atomic mass is 19.3. The maximum atomic E-state index is 12.9. The fraction of sp³-hybridized carbons (Fsp3) is 0.500. The number of hydrogen-bond donors (Lipinski definition) is 1. The number of hydrogen-bond acceptors (Lipinski definition) is 5. The molecule has 2 heterocycles. The molecule has 2 fully saturated rings. The SMILES string of the molecule is Cc1c(C(=O)N2CC3CCC(N)C3C2)nnn1-c1ccc(OC(F)F)cc1. The number of alkyl halides is 2. The van der Waals surface area contributed by atoms with Crippen LogP contribution in [0.1, 0.15) is 29.0 Å². The summed E-state index contributed by atoms with van der Waals surface area (Å²) in [6.07, 6.45) is 2.09. The number of amides is 1. The van der Waals surface area contributed by atoms with E-state index in [4.69, 9.17) is 5.73 Å². The van der Waals surface area contributed by atoms with Crippen LogP contribution in [0, 0.1) is 18.8 Å². The van der Waals surface area contributed by atoms with Crippen LogP contribution in [0.25, 0.3) is 5.69 Å². The lowest BCUT2D eigenvalue weighted by molar-refractivity contribution is -0.0498. The van der Waals surface area contributed by atoms with Gasteiger partial charge in [0.2, 0.25) is 0 Å². The molecule has 1 saturated heterocycles. The number of ether oxygens (including phenoxy) is 1. The molecular weight excluding hydrogens is 356 g/mol. The van der Waals surface area contributed by atoms with E-state index in [9.17, 15) is 13.6 Å². The quantitative estimate of drug-likeness (QED) is 0.881. The van der Waals surface area contributed by atoms with E-state index in [1.54, 1.807) is 19.1 Å². The minimum atomic E-state index is -2.87. The van der Waals surface area contributed by atoms with Gasteiger partial charge in [-0.15, -0.1) is 5.10 Å². The summed E-state index contributed by atoms with van der Waals surface area (Å²) in [7, 11) is 0. The van der Waals surface area contributed by atoms with Crippen molar-refractivity contribution in [3.8, 4) is 11.4 Å². The molecule has 1 aliphatic heterocycles. The van der Waals surface area contributed by atoms with Gasteiger partial charge in [0, 0.05) is 19.1 Å². The van der Waals surface area contributed by atoms with Gasteiger partial charge in [-0.2, -0.15) is 8.78 Å². The number of nitrogens with two attached hydrogens (primary N) is 1. The van der Waals surface area contributed by atoms with Crippen LogP contribution in [-0.4, -0.2) is 51.5 Å². The summed E-state index contributed by atoms with van der Waals surface area (Å²) in [5, 5.41) is 8.12. The molecule has 2 N–H and O–H groups in total. The maximum absolute atomic E-state index is 12.9. The molecule has 27 heavy (non-hydrogen) atoms. The number of carbonyl (C=O) groups is 1. The number of likely N-dealkylation sites (tertiary alicyclic amines) is 1. The molecule has 3 atom stereocenters. The molecule has 2 aromatic rings. The van der Waals surface area contributed by atoms with Crippen molar-refractivity contribution in [1.29, 1.82) is 0 Å². The summed E-state index contributed by atoms with van der Waals surface area (Å²) in [6, 6.07) is 6.19. The summed E-state index contributed by atoms with van der Waals surface area (Å²) in [5.74, 6) is 0.758. The zero-order valence-corrected chi connectivity index (χ0v) is 14.9. The lowest BCUT2D eigenvalue weighted by Crippen LogP contribution is -2.34. The van der Waals surface area contributed by atoms with E-state index in [-0.39, 0.29) is 17.7 Å². The van der Waals surface area contributed by atoms with Gasteiger partial charge in [0.1, 0.15) is 5.75 Å². The smallest absolute Gasteiger partial charge is 0.387 e. The van der Waals surface area contributed by atoms with Crippen LogP contribution < -0.4 is 10.5 Å². The molecule has 2 aliphatic rings. The van der Waals surface area contributed by atoms with E-state index in [1.165, 1.54) is 16.8 Å². The van der Waals surface area contributed by atoms with Crippen LogP contribution >= 0.6 is 0 Å². The van der Waals surface area contributed by atoms with E-state index in [0.717, 1.165) is 12.8 Å². The fourth-order valence-electron chi connectivity index (χ4n) is 4.16. The zero-order chi connectivity index (χ0) is 19.1. The molecule has 9 heteroatoms. The molecule has 1 aromatic heterocycles. The third-order valence-corrected chi connectivity index (χ3v) is 5.60. The molecule has 7 nitrogen and oxygen atoms in total. The van der Waals surface area contributed by atoms with Crippen LogP contribution in [0.4, 0.5) is 8.78 Å². The Hall–Kier alpha value is -2.55. The predicted octanol–water partition coefficient (Wildman–Crippen LogP) is 1.99. The normalized spacial score (nSPS) is 24.5. The second kappa shape index (κ2) is 6.88. The second-order valence-electron chi connectivity index (χ2n) is 7.18. The van der Waals surface area contributed by atoms with E-state index >= 15 is 0 Å². The number of rotatable bonds is 4. The van der Waals surface area contributed by atoms with E-state index < -0.39 is 6.61 Å². The van der Waals surface area contributed by atoms with Gasteiger partial charge in [0.25, 0.3) is 5.91 Å². The van der Waals surface area contributed by atoms with Crippen molar-refractivity contribution in [1.82, 2.24) is 19.9 Å². The number of benzene rings is 1. The summed E-state index contributed by atoms with van der Waals surface area (Å²) in [4.78, 5) is 14.7. The maximum Gasteiger partial charge on any atom is 0.387 e. The van der Waals surface area contributed by atoms with Gasteiger partial charge < -0.3 is 15.4 Å². The van der Waals surface area contributed by atoms with Gasteiger partial charge in [-0.25, -0.2) is 4.68 Å². The predicted molar refractivity (Wildman–Crippen MR) is 92.8 cm³/mol. The molecule has 0 bridgehead atoms. The topological polar surface area (TPSA) is 86.3 Å². The second-order valence-corrected chi connectivity index (χ2v) is 7.18. The first-order valence-electron chi connectivity index (χ1n) is 8.96. The molecule has 3 unspecified atom stereocenters. The first-order valence-corrected chi connectivity index (χ1v) is 8.96. The van der Waals surface area contributed by atoms with Gasteiger partial charge in [-0.3, -0.25) is 4.79 Å². The van der Waals surface area contributed by atoms with E-state index in [2.05, 4.69) is 15.0 Å². The molecule has 4 rings (SSSR count). The van der Waals surface area contributed by atoms with Crippen LogP contribution in [0.5, 0.6) is 5.75 Å². The van der Waals surface area contributed by atoms with Crippen LogP contribution in [0.3, 0.4) is 0 Å². The van der Waals surface area contributed by atoms with Crippen molar-refractivity contribution in [2.75, 3.05) is 13.1 Å². The molecule has 1 amide bonds. The Labute approximate surface area is 155 Å². The number of nitrogens with zero attached hydrogens (tertiary/aromatic N) is 4. The van der Waals surface area contributed by atoms with Crippen molar-refractivity contribution >= 4 is 5.91 Å². The Balaban J connectivity index is 1.51.